The minimum absolute atomic E-state index is 0.477. The Labute approximate surface area is 82.7 Å². The summed E-state index contributed by atoms with van der Waals surface area (Å²) in [6.07, 6.45) is 1.30. The summed E-state index contributed by atoms with van der Waals surface area (Å²) in [6.45, 7) is 14.1. The molecule has 78 valence electrons. The Morgan fingerprint density at radius 1 is 1.38 bits per heavy atom. The van der Waals surface area contributed by atoms with Gasteiger partial charge in [0.1, 0.15) is 0 Å². The van der Waals surface area contributed by atoms with Gasteiger partial charge in [0.15, 0.2) is 0 Å². The fourth-order valence-electron chi connectivity index (χ4n) is 1.69. The SMILES string of the molecule is CC1CNCCN1CCC(C)(C)C. The van der Waals surface area contributed by atoms with Crippen molar-refractivity contribution in [2.75, 3.05) is 26.2 Å². The minimum Gasteiger partial charge on any atom is -0.314 e. The van der Waals surface area contributed by atoms with E-state index in [1.165, 1.54) is 19.5 Å². The number of hydrogen-bond donors (Lipinski definition) is 1. The van der Waals surface area contributed by atoms with Crippen molar-refractivity contribution in [2.24, 2.45) is 5.41 Å². The molecule has 2 nitrogen and oxygen atoms in total. The standard InChI is InChI=1S/C11H24N2/c1-10-9-12-6-8-13(10)7-5-11(2,3)4/h10,12H,5-9H2,1-4H3. The molecule has 1 unspecified atom stereocenters. The van der Waals surface area contributed by atoms with Crippen molar-refractivity contribution in [3.05, 3.63) is 0 Å². The van der Waals surface area contributed by atoms with Crippen LogP contribution in [-0.2, 0) is 0 Å². The summed E-state index contributed by atoms with van der Waals surface area (Å²) in [5, 5.41) is 3.42. The molecule has 1 rings (SSSR count). The van der Waals surface area contributed by atoms with Gasteiger partial charge in [-0.05, 0) is 25.3 Å². The van der Waals surface area contributed by atoms with E-state index in [9.17, 15) is 0 Å². The summed E-state index contributed by atoms with van der Waals surface area (Å²) in [4.78, 5) is 2.60. The molecule has 0 aromatic rings. The fourth-order valence-corrected chi connectivity index (χ4v) is 1.69. The topological polar surface area (TPSA) is 15.3 Å². The molecule has 0 spiro atoms. The molecule has 0 aromatic heterocycles. The van der Waals surface area contributed by atoms with Gasteiger partial charge in [0.05, 0.1) is 0 Å². The van der Waals surface area contributed by atoms with E-state index in [2.05, 4.69) is 37.9 Å². The lowest BCUT2D eigenvalue weighted by Crippen LogP contribution is -2.50. The molecular formula is C11H24N2. The maximum absolute atomic E-state index is 3.42. The van der Waals surface area contributed by atoms with Crippen LogP contribution in [0.5, 0.6) is 0 Å². The predicted molar refractivity (Wildman–Crippen MR) is 58.0 cm³/mol. The molecule has 0 bridgehead atoms. The Morgan fingerprint density at radius 3 is 2.62 bits per heavy atom. The average Bonchev–Trinajstić information content (AvgIpc) is 2.01. The first-order valence-electron chi connectivity index (χ1n) is 5.44. The molecule has 2 heteroatoms. The van der Waals surface area contributed by atoms with Gasteiger partial charge < -0.3 is 5.32 Å². The number of nitrogens with one attached hydrogen (secondary N) is 1. The summed E-state index contributed by atoms with van der Waals surface area (Å²) in [5.41, 5.74) is 0.477. The highest BCUT2D eigenvalue weighted by Crippen LogP contribution is 2.19. The van der Waals surface area contributed by atoms with Gasteiger partial charge in [-0.15, -0.1) is 0 Å². The molecule has 1 aliphatic rings. The zero-order valence-corrected chi connectivity index (χ0v) is 9.56. The van der Waals surface area contributed by atoms with E-state index < -0.39 is 0 Å². The maximum Gasteiger partial charge on any atom is 0.0192 e. The summed E-state index contributed by atoms with van der Waals surface area (Å²) >= 11 is 0. The minimum atomic E-state index is 0.477. The predicted octanol–water partition coefficient (Wildman–Crippen LogP) is 1.72. The van der Waals surface area contributed by atoms with Crippen LogP contribution < -0.4 is 5.32 Å². The van der Waals surface area contributed by atoms with Crippen molar-refractivity contribution < 1.29 is 0 Å². The molecule has 1 aliphatic heterocycles. The van der Waals surface area contributed by atoms with Gasteiger partial charge in [-0.25, -0.2) is 0 Å². The van der Waals surface area contributed by atoms with E-state index in [0.717, 1.165) is 19.1 Å². The normalized spacial score (nSPS) is 26.3. The molecule has 1 atom stereocenters. The van der Waals surface area contributed by atoms with Gasteiger partial charge >= 0.3 is 0 Å². The van der Waals surface area contributed by atoms with Crippen molar-refractivity contribution in [3.63, 3.8) is 0 Å². The number of nitrogens with zero attached hydrogens (tertiary/aromatic N) is 1. The second-order valence-electron chi connectivity index (χ2n) is 5.40. The van der Waals surface area contributed by atoms with Crippen LogP contribution in [0.3, 0.4) is 0 Å². The van der Waals surface area contributed by atoms with Crippen molar-refractivity contribution in [1.29, 1.82) is 0 Å². The largest absolute Gasteiger partial charge is 0.314 e. The fraction of sp³-hybridized carbons (Fsp3) is 1.00. The van der Waals surface area contributed by atoms with E-state index in [4.69, 9.17) is 0 Å². The van der Waals surface area contributed by atoms with Crippen LogP contribution in [0.2, 0.25) is 0 Å². The van der Waals surface area contributed by atoms with Crippen molar-refractivity contribution in [3.8, 4) is 0 Å². The smallest absolute Gasteiger partial charge is 0.0192 e. The van der Waals surface area contributed by atoms with Gasteiger partial charge in [-0.1, -0.05) is 20.8 Å². The Morgan fingerprint density at radius 2 is 2.08 bits per heavy atom. The van der Waals surface area contributed by atoms with Gasteiger partial charge in [-0.3, -0.25) is 4.90 Å². The first kappa shape index (κ1) is 11.0. The Kier molecular flexibility index (Phi) is 3.74. The van der Waals surface area contributed by atoms with E-state index >= 15 is 0 Å². The van der Waals surface area contributed by atoms with Crippen molar-refractivity contribution >= 4 is 0 Å². The maximum atomic E-state index is 3.42. The number of piperazine rings is 1. The van der Waals surface area contributed by atoms with Crippen molar-refractivity contribution in [2.45, 2.75) is 40.2 Å². The first-order chi connectivity index (χ1) is 5.99. The lowest BCUT2D eigenvalue weighted by atomic mass is 9.92. The van der Waals surface area contributed by atoms with Crippen molar-refractivity contribution in [1.82, 2.24) is 10.2 Å². The van der Waals surface area contributed by atoms with Crippen LogP contribution in [-0.4, -0.2) is 37.1 Å². The van der Waals surface area contributed by atoms with Gasteiger partial charge in [0.2, 0.25) is 0 Å². The van der Waals surface area contributed by atoms with Crippen LogP contribution in [0.1, 0.15) is 34.1 Å². The molecule has 1 heterocycles. The molecule has 1 fully saturated rings. The van der Waals surface area contributed by atoms with E-state index in [-0.39, 0.29) is 0 Å². The average molecular weight is 184 g/mol. The van der Waals surface area contributed by atoms with Crippen LogP contribution >= 0.6 is 0 Å². The third kappa shape index (κ3) is 4.10. The van der Waals surface area contributed by atoms with Crippen LogP contribution in [0.15, 0.2) is 0 Å². The number of hydrogen-bond acceptors (Lipinski definition) is 2. The molecule has 0 amide bonds. The summed E-state index contributed by atoms with van der Waals surface area (Å²) in [6, 6.07) is 0.719. The molecule has 13 heavy (non-hydrogen) atoms. The van der Waals surface area contributed by atoms with E-state index in [1.807, 2.05) is 0 Å². The highest BCUT2D eigenvalue weighted by atomic mass is 15.2. The Hall–Kier alpha value is -0.0800. The molecule has 1 N–H and O–H groups in total. The summed E-state index contributed by atoms with van der Waals surface area (Å²) in [7, 11) is 0. The molecule has 1 saturated heterocycles. The summed E-state index contributed by atoms with van der Waals surface area (Å²) < 4.78 is 0. The monoisotopic (exact) mass is 184 g/mol. The molecule has 0 radical (unpaired) electrons. The van der Waals surface area contributed by atoms with Gasteiger partial charge in [-0.2, -0.15) is 0 Å². The van der Waals surface area contributed by atoms with Gasteiger partial charge in [0, 0.05) is 25.7 Å². The molecule has 0 saturated carbocycles. The zero-order chi connectivity index (χ0) is 9.90. The van der Waals surface area contributed by atoms with Gasteiger partial charge in [0.25, 0.3) is 0 Å². The Balaban J connectivity index is 2.27. The Bertz CT molecular complexity index is 149. The zero-order valence-electron chi connectivity index (χ0n) is 9.56. The third-order valence-corrected chi connectivity index (χ3v) is 2.79. The van der Waals surface area contributed by atoms with Crippen LogP contribution in [0.25, 0.3) is 0 Å². The second kappa shape index (κ2) is 4.43. The third-order valence-electron chi connectivity index (χ3n) is 2.79. The van der Waals surface area contributed by atoms with Crippen LogP contribution in [0, 0.1) is 5.41 Å². The summed E-state index contributed by atoms with van der Waals surface area (Å²) in [5.74, 6) is 0. The first-order valence-corrected chi connectivity index (χ1v) is 5.44. The van der Waals surface area contributed by atoms with Crippen LogP contribution in [0.4, 0.5) is 0 Å². The second-order valence-corrected chi connectivity index (χ2v) is 5.40. The number of rotatable bonds is 2. The molecule has 0 aromatic carbocycles. The highest BCUT2D eigenvalue weighted by molar-refractivity contribution is 4.77. The molecule has 0 aliphatic carbocycles. The molecular weight excluding hydrogens is 160 g/mol. The lowest BCUT2D eigenvalue weighted by Gasteiger charge is -2.35. The quantitative estimate of drug-likeness (QED) is 0.703. The van der Waals surface area contributed by atoms with E-state index in [0.29, 0.717) is 5.41 Å². The highest BCUT2D eigenvalue weighted by Gasteiger charge is 2.19. The lowest BCUT2D eigenvalue weighted by molar-refractivity contribution is 0.152. The van der Waals surface area contributed by atoms with E-state index in [1.54, 1.807) is 0 Å².